The van der Waals surface area contributed by atoms with E-state index >= 15 is 0 Å². The average Bonchev–Trinajstić information content (AvgIpc) is 2.92. The van der Waals surface area contributed by atoms with Crippen molar-refractivity contribution in [1.29, 1.82) is 0 Å². The van der Waals surface area contributed by atoms with E-state index in [2.05, 4.69) is 15.6 Å². The lowest BCUT2D eigenvalue weighted by molar-refractivity contribution is -0.118. The minimum Gasteiger partial charge on any atom is -0.355 e. The van der Waals surface area contributed by atoms with Gasteiger partial charge in [0, 0.05) is 29.9 Å². The molecular formula is C13H18N4O2S2. The number of aromatic nitrogens is 2. The van der Waals surface area contributed by atoms with Crippen LogP contribution in [0.5, 0.6) is 0 Å². The number of hydrogen-bond acceptors (Lipinski definition) is 6. The molecule has 2 N–H and O–H groups in total. The van der Waals surface area contributed by atoms with Gasteiger partial charge < -0.3 is 10.6 Å². The zero-order valence-electron chi connectivity index (χ0n) is 11.8. The van der Waals surface area contributed by atoms with E-state index in [0.29, 0.717) is 23.0 Å². The Hall–Kier alpha value is -1.38. The molecule has 0 fully saturated rings. The molecule has 0 atom stereocenters. The first-order valence-corrected chi connectivity index (χ1v) is 8.69. The second kappa shape index (κ2) is 8.16. The first-order valence-electron chi connectivity index (χ1n) is 6.65. The molecule has 21 heavy (non-hydrogen) atoms. The van der Waals surface area contributed by atoms with Gasteiger partial charge in [0.15, 0.2) is 4.96 Å². The molecule has 6 nitrogen and oxygen atoms in total. The summed E-state index contributed by atoms with van der Waals surface area (Å²) in [6.07, 6.45) is 2.63. The van der Waals surface area contributed by atoms with Crippen molar-refractivity contribution in [2.24, 2.45) is 0 Å². The van der Waals surface area contributed by atoms with Gasteiger partial charge in [-0.25, -0.2) is 4.98 Å². The Morgan fingerprint density at radius 3 is 3.14 bits per heavy atom. The van der Waals surface area contributed by atoms with Crippen molar-refractivity contribution in [1.82, 2.24) is 20.0 Å². The van der Waals surface area contributed by atoms with Gasteiger partial charge in [-0.05, 0) is 20.0 Å². The minimum absolute atomic E-state index is 0.0185. The Morgan fingerprint density at radius 1 is 1.48 bits per heavy atom. The van der Waals surface area contributed by atoms with Crippen molar-refractivity contribution in [2.45, 2.75) is 12.2 Å². The smallest absolute Gasteiger partial charge is 0.258 e. The molecule has 2 aromatic heterocycles. The van der Waals surface area contributed by atoms with E-state index in [0.717, 1.165) is 18.7 Å². The number of thioether (sulfide) groups is 1. The van der Waals surface area contributed by atoms with E-state index in [-0.39, 0.29) is 11.5 Å². The first-order chi connectivity index (χ1) is 10.2. The van der Waals surface area contributed by atoms with E-state index < -0.39 is 0 Å². The van der Waals surface area contributed by atoms with Gasteiger partial charge in [0.1, 0.15) is 0 Å². The molecule has 2 rings (SSSR count). The summed E-state index contributed by atoms with van der Waals surface area (Å²) in [6.45, 7) is 1.57. The quantitative estimate of drug-likeness (QED) is 0.699. The van der Waals surface area contributed by atoms with Gasteiger partial charge in [-0.2, -0.15) is 0 Å². The molecule has 0 unspecified atom stereocenters. The summed E-state index contributed by atoms with van der Waals surface area (Å²) >= 11 is 2.89. The lowest BCUT2D eigenvalue weighted by Gasteiger charge is -2.05. The van der Waals surface area contributed by atoms with Crippen LogP contribution in [0.3, 0.4) is 0 Å². The normalized spacial score (nSPS) is 10.9. The van der Waals surface area contributed by atoms with E-state index in [4.69, 9.17) is 0 Å². The van der Waals surface area contributed by atoms with Crippen molar-refractivity contribution in [3.63, 3.8) is 0 Å². The minimum atomic E-state index is -0.0756. The number of fused-ring (bicyclic) bond motifs is 1. The van der Waals surface area contributed by atoms with Crippen molar-refractivity contribution >= 4 is 34.0 Å². The predicted molar refractivity (Wildman–Crippen MR) is 87.1 cm³/mol. The predicted octanol–water partition coefficient (Wildman–Crippen LogP) is 0.715. The van der Waals surface area contributed by atoms with Crippen LogP contribution in [-0.2, 0) is 10.5 Å². The third kappa shape index (κ3) is 4.83. The van der Waals surface area contributed by atoms with E-state index in [1.807, 2.05) is 12.4 Å². The second-order valence-electron chi connectivity index (χ2n) is 4.44. The highest BCUT2D eigenvalue weighted by atomic mass is 32.2. The summed E-state index contributed by atoms with van der Waals surface area (Å²) < 4.78 is 1.52. The third-order valence-corrected chi connectivity index (χ3v) is 4.49. The summed E-state index contributed by atoms with van der Waals surface area (Å²) in [6, 6.07) is 1.53. The SMILES string of the molecule is CNCCCNC(=O)CSCc1cc(=O)n2ccsc2n1. The van der Waals surface area contributed by atoms with Crippen LogP contribution in [0.25, 0.3) is 4.96 Å². The van der Waals surface area contributed by atoms with Gasteiger partial charge in [0.05, 0.1) is 11.4 Å². The molecular weight excluding hydrogens is 308 g/mol. The summed E-state index contributed by atoms with van der Waals surface area (Å²) in [5, 5.41) is 7.72. The molecule has 114 valence electrons. The van der Waals surface area contributed by atoms with Crippen molar-refractivity contribution in [3.05, 3.63) is 33.7 Å². The molecule has 8 heteroatoms. The summed E-state index contributed by atoms with van der Waals surface area (Å²) in [5.74, 6) is 0.962. The maximum atomic E-state index is 11.8. The maximum absolute atomic E-state index is 11.8. The molecule has 0 aromatic carbocycles. The maximum Gasteiger partial charge on any atom is 0.258 e. The zero-order chi connectivity index (χ0) is 15.1. The molecule has 0 aliphatic carbocycles. The lowest BCUT2D eigenvalue weighted by atomic mass is 10.4. The molecule has 0 spiro atoms. The molecule has 0 aliphatic heterocycles. The van der Waals surface area contributed by atoms with Gasteiger partial charge in [0.25, 0.3) is 5.56 Å². The number of amides is 1. The number of rotatable bonds is 8. The van der Waals surface area contributed by atoms with Crippen LogP contribution >= 0.6 is 23.1 Å². The van der Waals surface area contributed by atoms with Gasteiger partial charge >= 0.3 is 0 Å². The third-order valence-electron chi connectivity index (χ3n) is 2.77. The molecule has 0 bridgehead atoms. The fourth-order valence-electron chi connectivity index (χ4n) is 1.75. The zero-order valence-corrected chi connectivity index (χ0v) is 13.4. The Labute approximate surface area is 131 Å². The molecule has 2 aromatic rings. The van der Waals surface area contributed by atoms with Gasteiger partial charge in [0.2, 0.25) is 5.91 Å². The fourth-order valence-corrected chi connectivity index (χ4v) is 3.24. The fraction of sp³-hybridized carbons (Fsp3) is 0.462. The Morgan fingerprint density at radius 2 is 2.33 bits per heavy atom. The standard InChI is InChI=1S/C13H18N4O2S2/c1-14-3-2-4-15-11(18)9-20-8-10-7-12(19)17-5-6-21-13(17)16-10/h5-7,14H,2-4,8-9H2,1H3,(H,15,18). The largest absolute Gasteiger partial charge is 0.355 e. The molecule has 1 amide bonds. The van der Waals surface area contributed by atoms with Crippen LogP contribution in [0.1, 0.15) is 12.1 Å². The molecule has 2 heterocycles. The van der Waals surface area contributed by atoms with E-state index in [9.17, 15) is 9.59 Å². The van der Waals surface area contributed by atoms with E-state index in [1.165, 1.54) is 33.6 Å². The van der Waals surface area contributed by atoms with Crippen LogP contribution in [0.4, 0.5) is 0 Å². The van der Waals surface area contributed by atoms with Gasteiger partial charge in [-0.3, -0.25) is 14.0 Å². The Bertz CT molecular complexity index is 653. The highest BCUT2D eigenvalue weighted by molar-refractivity contribution is 7.99. The number of thiazole rings is 1. The Kier molecular flexibility index (Phi) is 6.21. The highest BCUT2D eigenvalue weighted by Crippen LogP contribution is 2.12. The van der Waals surface area contributed by atoms with Gasteiger partial charge in [-0.1, -0.05) is 0 Å². The second-order valence-corrected chi connectivity index (χ2v) is 6.30. The first kappa shape index (κ1) is 16.0. The molecule has 0 radical (unpaired) electrons. The number of carbonyl (C=O) groups is 1. The monoisotopic (exact) mass is 326 g/mol. The highest BCUT2D eigenvalue weighted by Gasteiger charge is 2.05. The molecule has 0 saturated heterocycles. The number of hydrogen-bond donors (Lipinski definition) is 2. The number of nitrogens with one attached hydrogen (secondary N) is 2. The topological polar surface area (TPSA) is 75.5 Å². The van der Waals surface area contributed by atoms with Crippen LogP contribution in [0.15, 0.2) is 22.4 Å². The van der Waals surface area contributed by atoms with Crippen LogP contribution < -0.4 is 16.2 Å². The average molecular weight is 326 g/mol. The van der Waals surface area contributed by atoms with Crippen molar-refractivity contribution in [3.8, 4) is 0 Å². The molecule has 0 saturated carbocycles. The van der Waals surface area contributed by atoms with Crippen LogP contribution in [-0.4, -0.2) is 41.2 Å². The molecule has 0 aliphatic rings. The van der Waals surface area contributed by atoms with E-state index in [1.54, 1.807) is 6.20 Å². The summed E-state index contributed by atoms with van der Waals surface area (Å²) in [4.78, 5) is 28.5. The summed E-state index contributed by atoms with van der Waals surface area (Å²) in [7, 11) is 1.89. The lowest BCUT2D eigenvalue weighted by Crippen LogP contribution is -2.28. The summed E-state index contributed by atoms with van der Waals surface area (Å²) in [5.41, 5.74) is 0.642. The van der Waals surface area contributed by atoms with Crippen LogP contribution in [0.2, 0.25) is 0 Å². The van der Waals surface area contributed by atoms with Crippen LogP contribution in [0, 0.1) is 0 Å². The van der Waals surface area contributed by atoms with Crippen molar-refractivity contribution in [2.75, 3.05) is 25.9 Å². The number of nitrogens with zero attached hydrogens (tertiary/aromatic N) is 2. The van der Waals surface area contributed by atoms with Gasteiger partial charge in [-0.15, -0.1) is 23.1 Å². The Balaban J connectivity index is 1.77. The number of carbonyl (C=O) groups excluding carboxylic acids is 1. The van der Waals surface area contributed by atoms with Crippen molar-refractivity contribution < 1.29 is 4.79 Å².